The van der Waals surface area contributed by atoms with Crippen molar-refractivity contribution >= 4 is 38.9 Å². The highest BCUT2D eigenvalue weighted by Gasteiger charge is 2.21. The van der Waals surface area contributed by atoms with E-state index in [1.165, 1.54) is 11.3 Å². The third-order valence-corrected chi connectivity index (χ3v) is 4.18. The number of nitrogen functional groups attached to an aromatic ring is 1. The first-order chi connectivity index (χ1) is 8.54. The third kappa shape index (κ3) is 2.30. The maximum atomic E-state index is 11.7. The van der Waals surface area contributed by atoms with Crippen molar-refractivity contribution in [2.75, 3.05) is 12.3 Å². The number of rotatable bonds is 3. The maximum Gasteiger partial charge on any atom is 0.350 e. The van der Waals surface area contributed by atoms with Gasteiger partial charge in [0.15, 0.2) is 4.67 Å². The summed E-state index contributed by atoms with van der Waals surface area (Å²) in [5.41, 5.74) is 7.23. The molecule has 0 spiro atoms. The van der Waals surface area contributed by atoms with Gasteiger partial charge in [-0.25, -0.2) is 4.79 Å². The van der Waals surface area contributed by atoms with Crippen LogP contribution in [0, 0.1) is 6.92 Å². The lowest BCUT2D eigenvalue weighted by Gasteiger charge is -1.99. The highest BCUT2D eigenvalue weighted by molar-refractivity contribution is 9.10. The first-order valence-corrected chi connectivity index (χ1v) is 6.97. The van der Waals surface area contributed by atoms with Gasteiger partial charge in [-0.15, -0.1) is 11.3 Å². The molecule has 0 amide bonds. The molecule has 0 unspecified atom stereocenters. The Morgan fingerprint density at radius 1 is 1.56 bits per heavy atom. The van der Waals surface area contributed by atoms with E-state index in [1.807, 2.05) is 13.0 Å². The molecule has 18 heavy (non-hydrogen) atoms. The molecule has 6 heteroatoms. The van der Waals surface area contributed by atoms with Gasteiger partial charge in [-0.05, 0) is 47.5 Å². The quantitative estimate of drug-likeness (QED) is 0.869. The van der Waals surface area contributed by atoms with Crippen molar-refractivity contribution in [2.45, 2.75) is 13.8 Å². The van der Waals surface area contributed by atoms with Crippen LogP contribution in [-0.4, -0.2) is 12.6 Å². The third-order valence-electron chi connectivity index (χ3n) is 2.45. The fraction of sp³-hybridized carbons (Fsp3) is 0.250. The van der Waals surface area contributed by atoms with Gasteiger partial charge in [-0.1, -0.05) is 0 Å². The van der Waals surface area contributed by atoms with Gasteiger partial charge >= 0.3 is 5.97 Å². The molecule has 2 N–H and O–H groups in total. The second-order valence-electron chi connectivity index (χ2n) is 3.62. The molecular weight excluding hydrogens is 318 g/mol. The zero-order valence-corrected chi connectivity index (χ0v) is 12.4. The number of furan rings is 1. The highest BCUT2D eigenvalue weighted by Crippen LogP contribution is 2.39. The largest absolute Gasteiger partial charge is 0.462 e. The van der Waals surface area contributed by atoms with E-state index in [1.54, 1.807) is 13.0 Å². The van der Waals surface area contributed by atoms with E-state index in [2.05, 4.69) is 15.9 Å². The van der Waals surface area contributed by atoms with E-state index in [4.69, 9.17) is 14.9 Å². The van der Waals surface area contributed by atoms with Gasteiger partial charge in [0, 0.05) is 0 Å². The number of ether oxygens (including phenoxy) is 1. The number of carbonyl (C=O) groups is 1. The molecule has 2 rings (SSSR count). The molecule has 0 aliphatic rings. The summed E-state index contributed by atoms with van der Waals surface area (Å²) < 4.78 is 11.1. The molecule has 2 aromatic rings. The zero-order chi connectivity index (χ0) is 13.3. The monoisotopic (exact) mass is 329 g/mol. The van der Waals surface area contributed by atoms with E-state index in [0.29, 0.717) is 27.6 Å². The Morgan fingerprint density at radius 2 is 2.28 bits per heavy atom. The number of nitrogens with two attached hydrogens (primary N) is 1. The molecule has 4 nitrogen and oxygen atoms in total. The Morgan fingerprint density at radius 3 is 2.83 bits per heavy atom. The number of hydrogen-bond acceptors (Lipinski definition) is 5. The number of esters is 1. The van der Waals surface area contributed by atoms with Crippen molar-refractivity contribution in [1.82, 2.24) is 0 Å². The molecule has 0 aliphatic heterocycles. The van der Waals surface area contributed by atoms with Crippen LogP contribution in [0.15, 0.2) is 21.2 Å². The summed E-state index contributed by atoms with van der Waals surface area (Å²) in [6.07, 6.45) is 0. The zero-order valence-electron chi connectivity index (χ0n) is 9.95. The molecule has 2 heterocycles. The predicted molar refractivity (Wildman–Crippen MR) is 74.8 cm³/mol. The van der Waals surface area contributed by atoms with Crippen molar-refractivity contribution in [3.05, 3.63) is 27.2 Å². The number of carbonyl (C=O) groups excluding carboxylic acids is 1. The summed E-state index contributed by atoms with van der Waals surface area (Å²) in [5.74, 6) is 0.298. The minimum absolute atomic E-state index is 0.330. The van der Waals surface area contributed by atoms with Crippen LogP contribution in [0.1, 0.15) is 22.2 Å². The van der Waals surface area contributed by atoms with E-state index in [0.717, 1.165) is 10.4 Å². The summed E-state index contributed by atoms with van der Waals surface area (Å²) in [4.78, 5) is 13.0. The van der Waals surface area contributed by atoms with Crippen LogP contribution in [0.5, 0.6) is 0 Å². The summed E-state index contributed by atoms with van der Waals surface area (Å²) >= 11 is 4.53. The minimum atomic E-state index is -0.389. The molecule has 0 saturated carbocycles. The summed E-state index contributed by atoms with van der Waals surface area (Å²) in [5, 5.41) is 0. The van der Waals surface area contributed by atoms with Crippen LogP contribution in [0.4, 0.5) is 5.69 Å². The molecule has 2 aromatic heterocycles. The Balaban J connectivity index is 2.45. The van der Waals surface area contributed by atoms with Gasteiger partial charge in [0.2, 0.25) is 0 Å². The molecule has 0 radical (unpaired) electrons. The number of halogens is 1. The summed E-state index contributed by atoms with van der Waals surface area (Å²) in [7, 11) is 0. The Hall–Kier alpha value is -1.27. The van der Waals surface area contributed by atoms with E-state index in [-0.39, 0.29) is 5.97 Å². The average Bonchev–Trinajstić information content (AvgIpc) is 2.86. The van der Waals surface area contributed by atoms with Gasteiger partial charge in [-0.2, -0.15) is 0 Å². The second kappa shape index (κ2) is 5.16. The van der Waals surface area contributed by atoms with Gasteiger partial charge in [0.1, 0.15) is 10.6 Å². The van der Waals surface area contributed by atoms with E-state index < -0.39 is 0 Å². The Bertz CT molecular complexity index is 588. The first kappa shape index (κ1) is 13.2. The fourth-order valence-corrected chi connectivity index (χ4v) is 2.94. The fourth-order valence-electron chi connectivity index (χ4n) is 1.55. The molecule has 0 aliphatic carbocycles. The van der Waals surface area contributed by atoms with Gasteiger partial charge in [-0.3, -0.25) is 0 Å². The lowest BCUT2D eigenvalue weighted by atomic mass is 10.2. The number of anilines is 1. The van der Waals surface area contributed by atoms with Crippen molar-refractivity contribution in [2.24, 2.45) is 0 Å². The van der Waals surface area contributed by atoms with Crippen LogP contribution < -0.4 is 5.73 Å². The van der Waals surface area contributed by atoms with Crippen LogP contribution in [0.25, 0.3) is 10.6 Å². The lowest BCUT2D eigenvalue weighted by molar-refractivity contribution is 0.0533. The van der Waals surface area contributed by atoms with Crippen LogP contribution in [-0.2, 0) is 4.74 Å². The van der Waals surface area contributed by atoms with Crippen LogP contribution in [0.2, 0.25) is 0 Å². The molecule has 0 atom stereocenters. The van der Waals surface area contributed by atoms with E-state index in [9.17, 15) is 4.79 Å². The molecule has 0 aromatic carbocycles. The lowest BCUT2D eigenvalue weighted by Crippen LogP contribution is -2.05. The van der Waals surface area contributed by atoms with Crippen molar-refractivity contribution < 1.29 is 13.9 Å². The van der Waals surface area contributed by atoms with Crippen LogP contribution >= 0.6 is 27.3 Å². The van der Waals surface area contributed by atoms with Gasteiger partial charge in [0.05, 0.1) is 17.2 Å². The smallest absolute Gasteiger partial charge is 0.350 e. The first-order valence-electron chi connectivity index (χ1n) is 5.36. The maximum absolute atomic E-state index is 11.7. The van der Waals surface area contributed by atoms with E-state index >= 15 is 0 Å². The second-order valence-corrected chi connectivity index (χ2v) is 5.43. The Kier molecular flexibility index (Phi) is 3.77. The number of hydrogen-bond donors (Lipinski definition) is 1. The minimum Gasteiger partial charge on any atom is -0.462 e. The highest BCUT2D eigenvalue weighted by atomic mass is 79.9. The molecule has 0 bridgehead atoms. The van der Waals surface area contributed by atoms with Gasteiger partial charge in [0.25, 0.3) is 0 Å². The van der Waals surface area contributed by atoms with Crippen LogP contribution in [0.3, 0.4) is 0 Å². The Labute approximate surface area is 117 Å². The summed E-state index contributed by atoms with van der Waals surface area (Å²) in [6.45, 7) is 3.95. The molecular formula is C12H12BrNO3S. The SMILES string of the molecule is CCOC(=O)c1sc(-c2ccc(Br)o2)c(C)c1N. The molecule has 0 fully saturated rings. The predicted octanol–water partition coefficient (Wildman–Crippen LogP) is 3.84. The molecule has 0 saturated heterocycles. The van der Waals surface area contributed by atoms with Crippen molar-refractivity contribution in [3.63, 3.8) is 0 Å². The van der Waals surface area contributed by atoms with Gasteiger partial charge < -0.3 is 14.9 Å². The number of thiophene rings is 1. The topological polar surface area (TPSA) is 65.5 Å². The summed E-state index contributed by atoms with van der Waals surface area (Å²) in [6, 6.07) is 3.63. The van der Waals surface area contributed by atoms with Crippen molar-refractivity contribution in [1.29, 1.82) is 0 Å². The average molecular weight is 330 g/mol. The van der Waals surface area contributed by atoms with Crippen molar-refractivity contribution in [3.8, 4) is 10.6 Å². The molecule has 96 valence electrons. The standard InChI is InChI=1S/C12H12BrNO3S/c1-3-16-12(15)11-9(14)6(2)10(18-11)7-4-5-8(13)17-7/h4-5H,3,14H2,1-2H3. The normalized spacial score (nSPS) is 10.6.